The summed E-state index contributed by atoms with van der Waals surface area (Å²) in [5.41, 5.74) is 7.77. The molecule has 1 aromatic heterocycles. The SMILES string of the molecule is CCc1ncc(NCCCN)c(-c2cccc(F)c2)n1. The molecule has 1 aromatic carbocycles. The van der Waals surface area contributed by atoms with Gasteiger partial charge in [0.2, 0.25) is 0 Å². The van der Waals surface area contributed by atoms with E-state index in [9.17, 15) is 4.39 Å². The van der Waals surface area contributed by atoms with Crippen LogP contribution in [0.5, 0.6) is 0 Å². The van der Waals surface area contributed by atoms with E-state index in [4.69, 9.17) is 5.73 Å². The van der Waals surface area contributed by atoms with E-state index in [-0.39, 0.29) is 5.82 Å². The van der Waals surface area contributed by atoms with E-state index < -0.39 is 0 Å². The number of hydrogen-bond acceptors (Lipinski definition) is 4. The number of halogens is 1. The first kappa shape index (κ1) is 14.4. The summed E-state index contributed by atoms with van der Waals surface area (Å²) in [6.45, 7) is 3.36. The Morgan fingerprint density at radius 3 is 2.90 bits per heavy atom. The Morgan fingerprint density at radius 2 is 2.20 bits per heavy atom. The van der Waals surface area contributed by atoms with Crippen LogP contribution in [0, 0.1) is 5.82 Å². The average Bonchev–Trinajstić information content (AvgIpc) is 2.48. The number of nitrogens with zero attached hydrogens (tertiary/aromatic N) is 2. The Kier molecular flexibility index (Phi) is 5.01. The fraction of sp³-hybridized carbons (Fsp3) is 0.333. The minimum Gasteiger partial charge on any atom is -0.382 e. The first-order chi connectivity index (χ1) is 9.74. The van der Waals surface area contributed by atoms with Crippen LogP contribution in [0.3, 0.4) is 0 Å². The quantitative estimate of drug-likeness (QED) is 0.795. The molecule has 3 N–H and O–H groups in total. The third-order valence-electron chi connectivity index (χ3n) is 2.95. The van der Waals surface area contributed by atoms with Gasteiger partial charge >= 0.3 is 0 Å². The highest BCUT2D eigenvalue weighted by Crippen LogP contribution is 2.26. The molecule has 2 rings (SSSR count). The minimum absolute atomic E-state index is 0.271. The molecule has 106 valence electrons. The summed E-state index contributed by atoms with van der Waals surface area (Å²) in [4.78, 5) is 8.80. The number of benzene rings is 1. The van der Waals surface area contributed by atoms with Gasteiger partial charge in [0.15, 0.2) is 0 Å². The summed E-state index contributed by atoms with van der Waals surface area (Å²) in [5, 5.41) is 3.26. The largest absolute Gasteiger partial charge is 0.382 e. The van der Waals surface area contributed by atoms with Crippen molar-refractivity contribution in [3.05, 3.63) is 42.1 Å². The summed E-state index contributed by atoms with van der Waals surface area (Å²) in [5.74, 6) is 0.473. The van der Waals surface area contributed by atoms with Crippen molar-refractivity contribution >= 4 is 5.69 Å². The zero-order valence-corrected chi connectivity index (χ0v) is 11.6. The van der Waals surface area contributed by atoms with Gasteiger partial charge in [-0.2, -0.15) is 0 Å². The molecule has 0 atom stereocenters. The van der Waals surface area contributed by atoms with Crippen molar-refractivity contribution in [3.8, 4) is 11.3 Å². The normalized spacial score (nSPS) is 10.6. The average molecular weight is 274 g/mol. The third-order valence-corrected chi connectivity index (χ3v) is 2.95. The number of aryl methyl sites for hydroxylation is 1. The molecule has 0 aliphatic rings. The Hall–Kier alpha value is -2.01. The number of nitrogens with two attached hydrogens (primary N) is 1. The van der Waals surface area contributed by atoms with Gasteiger partial charge in [0.05, 0.1) is 17.6 Å². The number of rotatable bonds is 6. The molecule has 0 aliphatic carbocycles. The van der Waals surface area contributed by atoms with Crippen LogP contribution in [0.2, 0.25) is 0 Å². The molecule has 2 aromatic rings. The number of aromatic nitrogens is 2. The molecule has 0 spiro atoms. The van der Waals surface area contributed by atoms with Crippen LogP contribution in [-0.2, 0) is 6.42 Å². The second-order valence-electron chi connectivity index (χ2n) is 4.48. The molecule has 0 saturated carbocycles. The van der Waals surface area contributed by atoms with Crippen LogP contribution in [-0.4, -0.2) is 23.1 Å². The van der Waals surface area contributed by atoms with Gasteiger partial charge < -0.3 is 11.1 Å². The van der Waals surface area contributed by atoms with Crippen LogP contribution in [0.1, 0.15) is 19.2 Å². The summed E-state index contributed by atoms with van der Waals surface area (Å²) >= 11 is 0. The van der Waals surface area contributed by atoms with Crippen molar-refractivity contribution < 1.29 is 4.39 Å². The highest BCUT2D eigenvalue weighted by Gasteiger charge is 2.09. The maximum absolute atomic E-state index is 13.4. The molecule has 0 fully saturated rings. The monoisotopic (exact) mass is 274 g/mol. The lowest BCUT2D eigenvalue weighted by molar-refractivity contribution is 0.628. The Labute approximate surface area is 118 Å². The maximum Gasteiger partial charge on any atom is 0.128 e. The second-order valence-corrected chi connectivity index (χ2v) is 4.48. The molecule has 4 nitrogen and oxygen atoms in total. The molecule has 0 radical (unpaired) electrons. The van der Waals surface area contributed by atoms with Crippen molar-refractivity contribution in [1.82, 2.24) is 9.97 Å². The van der Waals surface area contributed by atoms with E-state index in [1.54, 1.807) is 12.3 Å². The molecular formula is C15H19FN4. The summed E-state index contributed by atoms with van der Waals surface area (Å²) < 4.78 is 13.4. The minimum atomic E-state index is -0.271. The lowest BCUT2D eigenvalue weighted by Crippen LogP contribution is -2.10. The van der Waals surface area contributed by atoms with Gasteiger partial charge in [0, 0.05) is 18.5 Å². The highest BCUT2D eigenvalue weighted by atomic mass is 19.1. The standard InChI is InChI=1S/C15H19FN4/c1-2-14-19-10-13(18-8-4-7-17)15(20-14)11-5-3-6-12(16)9-11/h3,5-6,9-10,18H,2,4,7-8,17H2,1H3. The fourth-order valence-electron chi connectivity index (χ4n) is 1.90. The molecule has 1 heterocycles. The van der Waals surface area contributed by atoms with Crippen LogP contribution < -0.4 is 11.1 Å². The van der Waals surface area contributed by atoms with Gasteiger partial charge in [-0.1, -0.05) is 19.1 Å². The van der Waals surface area contributed by atoms with Gasteiger partial charge in [-0.05, 0) is 25.1 Å². The van der Waals surface area contributed by atoms with Crippen molar-refractivity contribution in [3.63, 3.8) is 0 Å². The molecular weight excluding hydrogens is 255 g/mol. The number of nitrogens with one attached hydrogen (secondary N) is 1. The fourth-order valence-corrected chi connectivity index (χ4v) is 1.90. The Balaban J connectivity index is 2.36. The van der Waals surface area contributed by atoms with Gasteiger partial charge in [0.1, 0.15) is 11.6 Å². The molecule has 20 heavy (non-hydrogen) atoms. The molecule has 0 unspecified atom stereocenters. The Bertz CT molecular complexity index is 572. The van der Waals surface area contributed by atoms with Crippen molar-refractivity contribution in [2.24, 2.45) is 5.73 Å². The van der Waals surface area contributed by atoms with Crippen LogP contribution in [0.4, 0.5) is 10.1 Å². The van der Waals surface area contributed by atoms with E-state index in [0.29, 0.717) is 6.54 Å². The molecule has 0 aliphatic heterocycles. The van der Waals surface area contributed by atoms with Gasteiger partial charge in [-0.15, -0.1) is 0 Å². The van der Waals surface area contributed by atoms with E-state index in [1.807, 2.05) is 13.0 Å². The van der Waals surface area contributed by atoms with Gasteiger partial charge in [-0.3, -0.25) is 0 Å². The molecule has 0 saturated heterocycles. The smallest absolute Gasteiger partial charge is 0.128 e. The van der Waals surface area contributed by atoms with Crippen molar-refractivity contribution in [2.75, 3.05) is 18.4 Å². The third kappa shape index (κ3) is 3.51. The topological polar surface area (TPSA) is 63.8 Å². The van der Waals surface area contributed by atoms with E-state index in [2.05, 4.69) is 15.3 Å². The molecule has 5 heteroatoms. The van der Waals surface area contributed by atoms with E-state index >= 15 is 0 Å². The number of anilines is 1. The molecule has 0 bridgehead atoms. The van der Waals surface area contributed by atoms with Crippen molar-refractivity contribution in [2.45, 2.75) is 19.8 Å². The van der Waals surface area contributed by atoms with E-state index in [1.165, 1.54) is 12.1 Å². The van der Waals surface area contributed by atoms with Gasteiger partial charge in [-0.25, -0.2) is 14.4 Å². The first-order valence-electron chi connectivity index (χ1n) is 6.80. The lowest BCUT2D eigenvalue weighted by Gasteiger charge is -2.12. The summed E-state index contributed by atoms with van der Waals surface area (Å²) in [6, 6.07) is 6.43. The summed E-state index contributed by atoms with van der Waals surface area (Å²) in [7, 11) is 0. The zero-order valence-electron chi connectivity index (χ0n) is 11.6. The first-order valence-corrected chi connectivity index (χ1v) is 6.80. The lowest BCUT2D eigenvalue weighted by atomic mass is 10.1. The van der Waals surface area contributed by atoms with Crippen molar-refractivity contribution in [1.29, 1.82) is 0 Å². The second kappa shape index (κ2) is 6.96. The highest BCUT2D eigenvalue weighted by molar-refractivity contribution is 5.73. The van der Waals surface area contributed by atoms with E-state index in [0.717, 1.165) is 42.2 Å². The van der Waals surface area contributed by atoms with Crippen LogP contribution >= 0.6 is 0 Å². The molecule has 0 amide bonds. The number of hydrogen-bond donors (Lipinski definition) is 2. The Morgan fingerprint density at radius 1 is 1.35 bits per heavy atom. The zero-order chi connectivity index (χ0) is 14.4. The van der Waals surface area contributed by atoms with Crippen LogP contribution in [0.25, 0.3) is 11.3 Å². The predicted octanol–water partition coefficient (Wildman–Crippen LogP) is 2.61. The van der Waals surface area contributed by atoms with Gasteiger partial charge in [0.25, 0.3) is 0 Å². The predicted molar refractivity (Wildman–Crippen MR) is 79.0 cm³/mol. The van der Waals surface area contributed by atoms with Crippen LogP contribution in [0.15, 0.2) is 30.5 Å². The maximum atomic E-state index is 13.4. The summed E-state index contributed by atoms with van der Waals surface area (Å²) in [6.07, 6.45) is 3.35.